The zero-order valence-corrected chi connectivity index (χ0v) is 22.7. The first-order valence-corrected chi connectivity index (χ1v) is 14.9. The molecule has 0 amide bonds. The smallest absolute Gasteiger partial charge is 0.217 e. The summed E-state index contributed by atoms with van der Waals surface area (Å²) in [4.78, 5) is 6.92. The van der Waals surface area contributed by atoms with E-state index >= 15 is 0 Å². The van der Waals surface area contributed by atoms with Crippen molar-refractivity contribution < 1.29 is 8.94 Å². The molecule has 1 N–H and O–H groups in total. The van der Waals surface area contributed by atoms with E-state index in [4.69, 9.17) is 0 Å². The van der Waals surface area contributed by atoms with Crippen LogP contribution in [0.2, 0.25) is 0 Å². The summed E-state index contributed by atoms with van der Waals surface area (Å²) in [6.07, 6.45) is 12.2. The fraction of sp³-hybridized carbons (Fsp3) is 0.387. The summed E-state index contributed by atoms with van der Waals surface area (Å²) >= 11 is -1.35. The molecule has 0 radical (unpaired) electrons. The first kappa shape index (κ1) is 26.9. The van der Waals surface area contributed by atoms with E-state index in [0.29, 0.717) is 24.7 Å². The summed E-state index contributed by atoms with van der Waals surface area (Å²) < 4.78 is 29.8. The molecule has 1 atom stereocenters. The van der Waals surface area contributed by atoms with E-state index in [2.05, 4.69) is 21.3 Å². The molecule has 1 saturated carbocycles. The zero-order valence-electron chi connectivity index (χ0n) is 21.9. The number of nitrogens with one attached hydrogen (secondary N) is 1. The van der Waals surface area contributed by atoms with Gasteiger partial charge in [0.05, 0.1) is 11.7 Å². The number of fused-ring (bicyclic) bond motifs is 1. The van der Waals surface area contributed by atoms with Gasteiger partial charge in [0.25, 0.3) is 0 Å². The van der Waals surface area contributed by atoms with Gasteiger partial charge >= 0.3 is 0 Å². The standard InChI is InChI=1S/C31H37FN4OS/c32-31-25(12-11-20-34-31)22-35(21-10-9-19-33-27-13-3-1-4-14-27)23-26-24-36(30-18-8-7-17-29(26)30)38(37)28-15-5-2-6-16-28/h2,5-8,11-12,15-18,20,24,27,33H,1,3-4,9-10,13-14,19,21-23H2. The Morgan fingerprint density at radius 1 is 0.921 bits per heavy atom. The molecule has 0 bridgehead atoms. The van der Waals surface area contributed by atoms with E-state index in [1.807, 2.05) is 64.8 Å². The van der Waals surface area contributed by atoms with Gasteiger partial charge in [-0.3, -0.25) is 4.90 Å². The summed E-state index contributed by atoms with van der Waals surface area (Å²) in [5.41, 5.74) is 2.63. The maximum absolute atomic E-state index is 14.5. The highest BCUT2D eigenvalue weighted by atomic mass is 32.2. The zero-order chi connectivity index (χ0) is 26.2. The van der Waals surface area contributed by atoms with Gasteiger partial charge in [-0.2, -0.15) is 8.36 Å². The molecule has 2 aromatic heterocycles. The highest BCUT2D eigenvalue weighted by Crippen LogP contribution is 2.27. The van der Waals surface area contributed by atoms with Crippen LogP contribution in [0.5, 0.6) is 0 Å². The Labute approximate surface area is 228 Å². The summed E-state index contributed by atoms with van der Waals surface area (Å²) in [5.74, 6) is -0.413. The van der Waals surface area contributed by atoms with Crippen molar-refractivity contribution in [3.63, 3.8) is 0 Å². The lowest BCUT2D eigenvalue weighted by Crippen LogP contribution is -2.32. The third kappa shape index (κ3) is 6.83. The summed E-state index contributed by atoms with van der Waals surface area (Å²) in [7, 11) is 0. The van der Waals surface area contributed by atoms with Crippen molar-refractivity contribution >= 4 is 22.3 Å². The van der Waals surface area contributed by atoms with Crippen LogP contribution in [0.1, 0.15) is 56.1 Å². The molecule has 7 heteroatoms. The van der Waals surface area contributed by atoms with Crippen LogP contribution in [-0.2, 0) is 24.5 Å². The molecule has 5 rings (SSSR count). The van der Waals surface area contributed by atoms with Crippen LogP contribution in [0.4, 0.5) is 4.39 Å². The van der Waals surface area contributed by atoms with Gasteiger partial charge in [0.2, 0.25) is 5.95 Å². The summed E-state index contributed by atoms with van der Waals surface area (Å²) in [6, 6.07) is 21.9. The molecule has 2 aromatic carbocycles. The fourth-order valence-corrected chi connectivity index (χ4v) is 6.62. The number of hydrogen-bond donors (Lipinski definition) is 1. The second-order valence-corrected chi connectivity index (χ2v) is 11.6. The van der Waals surface area contributed by atoms with Crippen molar-refractivity contribution in [1.82, 2.24) is 19.2 Å². The van der Waals surface area contributed by atoms with E-state index in [9.17, 15) is 8.94 Å². The lowest BCUT2D eigenvalue weighted by atomic mass is 9.95. The number of benzene rings is 2. The molecule has 200 valence electrons. The minimum absolute atomic E-state index is 0.413. The van der Waals surface area contributed by atoms with E-state index in [-0.39, 0.29) is 0 Å². The molecule has 5 nitrogen and oxygen atoms in total. The van der Waals surface area contributed by atoms with Crippen LogP contribution < -0.4 is 5.32 Å². The quantitative estimate of drug-likeness (QED) is 0.129. The number of rotatable bonds is 12. The Kier molecular flexibility index (Phi) is 9.47. The van der Waals surface area contributed by atoms with Crippen molar-refractivity contribution in [2.24, 2.45) is 0 Å². The van der Waals surface area contributed by atoms with Gasteiger partial charge in [0.1, 0.15) is 11.4 Å². The highest BCUT2D eigenvalue weighted by molar-refractivity contribution is 7.90. The van der Waals surface area contributed by atoms with Crippen LogP contribution in [0, 0.1) is 5.95 Å². The molecule has 1 unspecified atom stereocenters. The minimum atomic E-state index is -1.35. The molecule has 2 heterocycles. The van der Waals surface area contributed by atoms with Gasteiger partial charge in [-0.1, -0.05) is 61.7 Å². The third-order valence-electron chi connectivity index (χ3n) is 7.45. The summed E-state index contributed by atoms with van der Waals surface area (Å²) in [5, 5.41) is 4.81. The first-order valence-electron chi connectivity index (χ1n) is 13.8. The van der Waals surface area contributed by atoms with Gasteiger partial charge < -0.3 is 9.87 Å². The Hall–Kier alpha value is -2.71. The number of nitrogens with zero attached hydrogens (tertiary/aromatic N) is 3. The van der Waals surface area contributed by atoms with Gasteiger partial charge in [-0.15, -0.1) is 0 Å². The molecule has 0 saturated heterocycles. The Morgan fingerprint density at radius 3 is 2.50 bits per heavy atom. The fourth-order valence-electron chi connectivity index (χ4n) is 5.44. The number of halogens is 1. The number of para-hydroxylation sites is 1. The predicted molar refractivity (Wildman–Crippen MR) is 153 cm³/mol. The number of pyridine rings is 1. The lowest BCUT2D eigenvalue weighted by Gasteiger charge is -2.24. The van der Waals surface area contributed by atoms with Crippen molar-refractivity contribution in [2.45, 2.75) is 69.0 Å². The normalized spacial score (nSPS) is 15.3. The Balaban J connectivity index is 1.31. The SMILES string of the molecule is [O-][S+](c1ccccc1)n1cc(CN(CCCCNC2CCCCC2)Cc2cccnc2F)c2ccccc21. The van der Waals surface area contributed by atoms with Gasteiger partial charge in [0, 0.05) is 36.3 Å². The number of unbranched alkanes of at least 4 members (excludes halogenated alkanes) is 1. The molecule has 0 aliphatic heterocycles. The topological polar surface area (TPSA) is 56.1 Å². The molecule has 1 aliphatic rings. The molecular formula is C31H37FN4OS. The van der Waals surface area contributed by atoms with Crippen LogP contribution in [0.25, 0.3) is 10.9 Å². The van der Waals surface area contributed by atoms with Crippen LogP contribution in [0.3, 0.4) is 0 Å². The van der Waals surface area contributed by atoms with Crippen LogP contribution in [-0.4, -0.2) is 37.5 Å². The van der Waals surface area contributed by atoms with E-state index in [1.165, 1.54) is 38.3 Å². The highest BCUT2D eigenvalue weighted by Gasteiger charge is 2.21. The van der Waals surface area contributed by atoms with Crippen molar-refractivity contribution in [2.75, 3.05) is 13.1 Å². The second kappa shape index (κ2) is 13.4. The van der Waals surface area contributed by atoms with E-state index in [0.717, 1.165) is 47.3 Å². The number of hydrogen-bond acceptors (Lipinski definition) is 4. The molecular weight excluding hydrogens is 495 g/mol. The maximum Gasteiger partial charge on any atom is 0.217 e. The van der Waals surface area contributed by atoms with E-state index in [1.54, 1.807) is 6.07 Å². The number of aromatic nitrogens is 2. The first-order chi connectivity index (χ1) is 18.7. The minimum Gasteiger partial charge on any atom is -0.587 e. The van der Waals surface area contributed by atoms with Gasteiger partial charge in [0.15, 0.2) is 4.90 Å². The average Bonchev–Trinajstić information content (AvgIpc) is 3.33. The van der Waals surface area contributed by atoms with Crippen LogP contribution >= 0.6 is 0 Å². The summed E-state index contributed by atoms with van der Waals surface area (Å²) in [6.45, 7) is 3.00. The Morgan fingerprint density at radius 2 is 1.68 bits per heavy atom. The van der Waals surface area contributed by atoms with Crippen molar-refractivity contribution in [3.8, 4) is 0 Å². The van der Waals surface area contributed by atoms with E-state index < -0.39 is 17.3 Å². The van der Waals surface area contributed by atoms with Gasteiger partial charge in [-0.25, -0.2) is 4.98 Å². The molecule has 1 aliphatic carbocycles. The molecule has 1 fully saturated rings. The average molecular weight is 533 g/mol. The predicted octanol–water partition coefficient (Wildman–Crippen LogP) is 6.45. The lowest BCUT2D eigenvalue weighted by molar-refractivity contribution is 0.246. The Bertz CT molecular complexity index is 1290. The third-order valence-corrected chi connectivity index (χ3v) is 8.78. The second-order valence-electron chi connectivity index (χ2n) is 10.2. The monoisotopic (exact) mass is 532 g/mol. The van der Waals surface area contributed by atoms with Crippen LogP contribution in [0.15, 0.2) is 84.0 Å². The van der Waals surface area contributed by atoms with Crippen molar-refractivity contribution in [1.29, 1.82) is 0 Å². The molecule has 4 aromatic rings. The largest absolute Gasteiger partial charge is 0.587 e. The van der Waals surface area contributed by atoms with Crippen molar-refractivity contribution in [3.05, 3.63) is 96.2 Å². The van der Waals surface area contributed by atoms with Gasteiger partial charge in [-0.05, 0) is 68.6 Å². The maximum atomic E-state index is 14.5. The molecule has 38 heavy (non-hydrogen) atoms. The molecule has 0 spiro atoms.